The van der Waals surface area contributed by atoms with Gasteiger partial charge in [0, 0.05) is 31.8 Å². The maximum absolute atomic E-state index is 9.58. The van der Waals surface area contributed by atoms with Crippen molar-refractivity contribution in [2.45, 2.75) is 25.0 Å². The standard InChI is InChI=1S/C14H19N5OS/c1-19(2)13-17-14(21-18-13)16-12(9-7-10(20)8-9)11-5-3-4-6-15-11/h3-6,9-10,12,20H,7-8H2,1-2H3,(H,16,17,18)/t9?,10?,12-/m0/s1. The maximum atomic E-state index is 9.58. The van der Waals surface area contributed by atoms with Gasteiger partial charge in [-0.3, -0.25) is 4.98 Å². The van der Waals surface area contributed by atoms with Crippen LogP contribution >= 0.6 is 11.5 Å². The quantitative estimate of drug-likeness (QED) is 0.879. The Bertz CT molecular complexity index is 582. The summed E-state index contributed by atoms with van der Waals surface area (Å²) < 4.78 is 4.30. The third-order valence-electron chi connectivity index (χ3n) is 3.72. The van der Waals surface area contributed by atoms with Crippen molar-refractivity contribution in [3.63, 3.8) is 0 Å². The van der Waals surface area contributed by atoms with E-state index in [9.17, 15) is 5.11 Å². The minimum Gasteiger partial charge on any atom is -0.393 e. The molecule has 0 aliphatic heterocycles. The lowest BCUT2D eigenvalue weighted by molar-refractivity contribution is 0.0334. The molecule has 112 valence electrons. The van der Waals surface area contributed by atoms with Crippen molar-refractivity contribution in [1.82, 2.24) is 14.3 Å². The monoisotopic (exact) mass is 305 g/mol. The molecule has 1 fully saturated rings. The normalized spacial score (nSPS) is 22.4. The Kier molecular flexibility index (Phi) is 4.03. The van der Waals surface area contributed by atoms with Crippen LogP contribution in [0.4, 0.5) is 11.1 Å². The predicted octanol–water partition coefficient (Wildman–Crippen LogP) is 1.92. The fourth-order valence-corrected chi connectivity index (χ4v) is 3.16. The molecule has 1 atom stereocenters. The summed E-state index contributed by atoms with van der Waals surface area (Å²) in [5, 5.41) is 13.8. The molecule has 7 heteroatoms. The number of aliphatic hydroxyl groups is 1. The van der Waals surface area contributed by atoms with E-state index in [1.54, 1.807) is 6.20 Å². The van der Waals surface area contributed by atoms with Gasteiger partial charge in [0.15, 0.2) is 0 Å². The largest absolute Gasteiger partial charge is 0.393 e. The molecule has 6 nitrogen and oxygen atoms in total. The summed E-state index contributed by atoms with van der Waals surface area (Å²) in [4.78, 5) is 10.8. The summed E-state index contributed by atoms with van der Waals surface area (Å²) in [5.74, 6) is 1.08. The van der Waals surface area contributed by atoms with Crippen LogP contribution in [0.1, 0.15) is 24.6 Å². The molecule has 0 radical (unpaired) electrons. The first kappa shape index (κ1) is 14.2. The average Bonchev–Trinajstić information content (AvgIpc) is 2.91. The van der Waals surface area contributed by atoms with E-state index in [0.29, 0.717) is 11.9 Å². The van der Waals surface area contributed by atoms with Crippen LogP contribution in [0.25, 0.3) is 0 Å². The second-order valence-corrected chi connectivity index (χ2v) is 6.31. The number of aromatic nitrogens is 3. The van der Waals surface area contributed by atoms with Gasteiger partial charge < -0.3 is 15.3 Å². The van der Waals surface area contributed by atoms with Gasteiger partial charge in [0.2, 0.25) is 11.1 Å². The highest BCUT2D eigenvalue weighted by Gasteiger charge is 2.36. The van der Waals surface area contributed by atoms with Crippen LogP contribution in [0, 0.1) is 5.92 Å². The first-order chi connectivity index (χ1) is 10.1. The second-order valence-electron chi connectivity index (χ2n) is 5.56. The number of pyridine rings is 1. The molecule has 0 saturated heterocycles. The van der Waals surface area contributed by atoms with Crippen molar-refractivity contribution in [2.24, 2.45) is 5.92 Å². The number of anilines is 2. The average molecular weight is 305 g/mol. The van der Waals surface area contributed by atoms with Crippen LogP contribution in [0.15, 0.2) is 24.4 Å². The third-order valence-corrected chi connectivity index (χ3v) is 4.36. The van der Waals surface area contributed by atoms with Crippen molar-refractivity contribution in [3.05, 3.63) is 30.1 Å². The first-order valence-electron chi connectivity index (χ1n) is 7.00. The van der Waals surface area contributed by atoms with Crippen molar-refractivity contribution in [2.75, 3.05) is 24.3 Å². The number of hydrogen-bond donors (Lipinski definition) is 2. The highest BCUT2D eigenvalue weighted by Crippen LogP contribution is 2.39. The van der Waals surface area contributed by atoms with Crippen molar-refractivity contribution in [3.8, 4) is 0 Å². The van der Waals surface area contributed by atoms with Crippen LogP contribution in [0.2, 0.25) is 0 Å². The summed E-state index contributed by atoms with van der Waals surface area (Å²) in [7, 11) is 3.84. The molecule has 2 heterocycles. The minimum absolute atomic E-state index is 0.0672. The van der Waals surface area contributed by atoms with E-state index in [-0.39, 0.29) is 12.1 Å². The van der Waals surface area contributed by atoms with E-state index in [1.807, 2.05) is 37.2 Å². The molecule has 0 aromatic carbocycles. The Hall–Kier alpha value is -1.73. The molecule has 2 N–H and O–H groups in total. The zero-order valence-electron chi connectivity index (χ0n) is 12.1. The Morgan fingerprint density at radius 1 is 1.38 bits per heavy atom. The smallest absolute Gasteiger partial charge is 0.238 e. The number of hydrogen-bond acceptors (Lipinski definition) is 7. The summed E-state index contributed by atoms with van der Waals surface area (Å²) in [5.41, 5.74) is 0.982. The Balaban J connectivity index is 1.78. The number of nitrogens with zero attached hydrogens (tertiary/aromatic N) is 4. The van der Waals surface area contributed by atoms with Crippen molar-refractivity contribution in [1.29, 1.82) is 0 Å². The van der Waals surface area contributed by atoms with Crippen LogP contribution in [0.3, 0.4) is 0 Å². The van der Waals surface area contributed by atoms with Gasteiger partial charge in [0.25, 0.3) is 0 Å². The SMILES string of the molecule is CN(C)c1nsc(N[C@H](c2ccccn2)C2CC(O)C2)n1. The fourth-order valence-electron chi connectivity index (χ4n) is 2.48. The molecule has 2 aromatic heterocycles. The molecule has 1 saturated carbocycles. The van der Waals surface area contributed by atoms with Crippen molar-refractivity contribution < 1.29 is 5.11 Å². The van der Waals surface area contributed by atoms with Gasteiger partial charge in [-0.25, -0.2) is 0 Å². The molecule has 1 aliphatic rings. The van der Waals surface area contributed by atoms with Gasteiger partial charge in [0.1, 0.15) is 0 Å². The minimum atomic E-state index is -0.185. The molecule has 3 rings (SSSR count). The molecule has 0 unspecified atom stereocenters. The van der Waals surface area contributed by atoms with Crippen LogP contribution in [-0.4, -0.2) is 39.6 Å². The summed E-state index contributed by atoms with van der Waals surface area (Å²) in [6.07, 6.45) is 3.21. The maximum Gasteiger partial charge on any atom is 0.238 e. The van der Waals surface area contributed by atoms with Gasteiger partial charge in [-0.05, 0) is 30.9 Å². The Morgan fingerprint density at radius 2 is 2.19 bits per heavy atom. The lowest BCUT2D eigenvalue weighted by Crippen LogP contribution is -2.36. The molecule has 0 amide bonds. The fraction of sp³-hybridized carbons (Fsp3) is 0.500. The highest BCUT2D eigenvalue weighted by atomic mass is 32.1. The summed E-state index contributed by atoms with van der Waals surface area (Å²) in [6, 6.07) is 5.97. The van der Waals surface area contributed by atoms with Gasteiger partial charge in [-0.2, -0.15) is 9.36 Å². The first-order valence-corrected chi connectivity index (χ1v) is 7.77. The number of rotatable bonds is 5. The zero-order valence-corrected chi connectivity index (χ0v) is 12.9. The highest BCUT2D eigenvalue weighted by molar-refractivity contribution is 7.09. The number of aliphatic hydroxyl groups excluding tert-OH is 1. The van der Waals surface area contributed by atoms with E-state index >= 15 is 0 Å². The molecule has 0 bridgehead atoms. The molecule has 0 spiro atoms. The summed E-state index contributed by atoms with van der Waals surface area (Å²) in [6.45, 7) is 0. The Labute approximate surface area is 128 Å². The van der Waals surface area contributed by atoms with Gasteiger partial charge in [-0.15, -0.1) is 0 Å². The van der Waals surface area contributed by atoms with Gasteiger partial charge in [-0.1, -0.05) is 6.07 Å². The molecule has 1 aliphatic carbocycles. The second kappa shape index (κ2) is 5.95. The topological polar surface area (TPSA) is 74.2 Å². The van der Waals surface area contributed by atoms with E-state index in [2.05, 4.69) is 19.7 Å². The Morgan fingerprint density at radius 3 is 2.76 bits per heavy atom. The number of nitrogens with one attached hydrogen (secondary N) is 1. The van der Waals surface area contributed by atoms with Gasteiger partial charge in [0.05, 0.1) is 17.8 Å². The molecule has 21 heavy (non-hydrogen) atoms. The van der Waals surface area contributed by atoms with E-state index in [0.717, 1.165) is 23.7 Å². The van der Waals surface area contributed by atoms with Crippen LogP contribution in [-0.2, 0) is 0 Å². The summed E-state index contributed by atoms with van der Waals surface area (Å²) >= 11 is 1.35. The lowest BCUT2D eigenvalue weighted by atomic mass is 9.76. The molecular formula is C14H19N5OS. The van der Waals surface area contributed by atoms with E-state index < -0.39 is 0 Å². The van der Waals surface area contributed by atoms with E-state index in [1.165, 1.54) is 11.5 Å². The molecule has 2 aromatic rings. The third kappa shape index (κ3) is 3.14. The van der Waals surface area contributed by atoms with Crippen LogP contribution < -0.4 is 10.2 Å². The lowest BCUT2D eigenvalue weighted by Gasteiger charge is -2.37. The molecular weight excluding hydrogens is 286 g/mol. The van der Waals surface area contributed by atoms with Crippen molar-refractivity contribution >= 4 is 22.6 Å². The van der Waals surface area contributed by atoms with Crippen LogP contribution in [0.5, 0.6) is 0 Å². The van der Waals surface area contributed by atoms with E-state index in [4.69, 9.17) is 0 Å². The van der Waals surface area contributed by atoms with Gasteiger partial charge >= 0.3 is 0 Å². The predicted molar refractivity (Wildman–Crippen MR) is 83.6 cm³/mol. The zero-order chi connectivity index (χ0) is 14.8.